The molecule has 0 spiro atoms. The van der Waals surface area contributed by atoms with Gasteiger partial charge < -0.3 is 9.80 Å². The van der Waals surface area contributed by atoms with Gasteiger partial charge in [-0.05, 0) is 83.1 Å². The van der Waals surface area contributed by atoms with Crippen LogP contribution in [0.25, 0.3) is 11.1 Å². The first-order chi connectivity index (χ1) is 18.6. The second-order valence-corrected chi connectivity index (χ2v) is 11.4. The van der Waals surface area contributed by atoms with Gasteiger partial charge >= 0.3 is 0 Å². The molecule has 0 amide bonds. The molecule has 5 aromatic carbocycles. The summed E-state index contributed by atoms with van der Waals surface area (Å²) in [5.41, 5.74) is 14.8. The first-order valence-corrected chi connectivity index (χ1v) is 13.7. The molecule has 8 rings (SSSR count). The molecule has 0 aromatic heterocycles. The highest BCUT2D eigenvalue weighted by molar-refractivity contribution is 5.89. The van der Waals surface area contributed by atoms with E-state index in [9.17, 15) is 0 Å². The number of anilines is 5. The summed E-state index contributed by atoms with van der Waals surface area (Å²) in [4.78, 5) is 5.06. The molecule has 0 N–H and O–H groups in total. The Balaban J connectivity index is 1.31. The van der Waals surface area contributed by atoms with Crippen LogP contribution in [0.1, 0.15) is 36.1 Å². The fraction of sp³-hybridized carbons (Fsp3) is 0.167. The number of nitrogens with zero attached hydrogens (tertiary/aromatic N) is 2. The summed E-state index contributed by atoms with van der Waals surface area (Å²) in [5.74, 6) is 0. The number of rotatable bonds is 3. The lowest BCUT2D eigenvalue weighted by Crippen LogP contribution is -2.22. The summed E-state index contributed by atoms with van der Waals surface area (Å²) in [6, 6.07) is 43.1. The van der Waals surface area contributed by atoms with Gasteiger partial charge in [-0.15, -0.1) is 0 Å². The molecule has 0 saturated carbocycles. The monoisotopic (exact) mass is 490 g/mol. The second-order valence-electron chi connectivity index (χ2n) is 11.4. The van der Waals surface area contributed by atoms with E-state index in [0.29, 0.717) is 6.04 Å². The third kappa shape index (κ3) is 2.95. The van der Waals surface area contributed by atoms with Crippen molar-refractivity contribution in [1.82, 2.24) is 0 Å². The highest BCUT2D eigenvalue weighted by atomic mass is 15.2. The lowest BCUT2D eigenvalue weighted by Gasteiger charge is -2.30. The molecular formula is C36H30N2. The Morgan fingerprint density at radius 3 is 2.26 bits per heavy atom. The van der Waals surface area contributed by atoms with Crippen LogP contribution >= 0.6 is 0 Å². The zero-order chi connectivity index (χ0) is 25.4. The van der Waals surface area contributed by atoms with E-state index in [1.807, 2.05) is 0 Å². The van der Waals surface area contributed by atoms with E-state index in [1.54, 1.807) is 0 Å². The summed E-state index contributed by atoms with van der Waals surface area (Å²) < 4.78 is 0. The van der Waals surface area contributed by atoms with Crippen molar-refractivity contribution in [2.75, 3.05) is 9.80 Å². The van der Waals surface area contributed by atoms with Crippen LogP contribution in [0, 0.1) is 0 Å². The normalized spacial score (nSPS) is 17.4. The molecule has 0 bridgehead atoms. The fourth-order valence-electron chi connectivity index (χ4n) is 7.23. The standard InChI is InChI=1S/C36H30N2/c1-36(2)31-15-8-7-14-28(31)29-20-19-26(23-32(29)36)37(25-12-4-3-5-13-25)34-17-10-18-35-30(34)22-27-21-24-11-6-9-16-33(24)38(27)35/h3-20,23,27H,21-22H2,1-2H3. The number of para-hydroxylation sites is 2. The average Bonchev–Trinajstić information content (AvgIpc) is 3.57. The molecule has 1 atom stereocenters. The summed E-state index contributed by atoms with van der Waals surface area (Å²) >= 11 is 0. The van der Waals surface area contributed by atoms with Crippen LogP contribution < -0.4 is 9.80 Å². The predicted molar refractivity (Wildman–Crippen MR) is 158 cm³/mol. The van der Waals surface area contributed by atoms with Gasteiger partial charge in [0.25, 0.3) is 0 Å². The Morgan fingerprint density at radius 1 is 0.632 bits per heavy atom. The third-order valence-electron chi connectivity index (χ3n) is 8.98. The zero-order valence-electron chi connectivity index (χ0n) is 21.9. The number of benzene rings is 5. The maximum atomic E-state index is 2.58. The predicted octanol–water partition coefficient (Wildman–Crippen LogP) is 9.08. The topological polar surface area (TPSA) is 6.48 Å². The zero-order valence-corrected chi connectivity index (χ0v) is 21.9. The molecule has 2 heteroatoms. The molecule has 2 nitrogen and oxygen atoms in total. The number of fused-ring (bicyclic) bond motifs is 8. The number of hydrogen-bond acceptors (Lipinski definition) is 2. The van der Waals surface area contributed by atoms with Gasteiger partial charge in [-0.3, -0.25) is 0 Å². The van der Waals surface area contributed by atoms with Crippen LogP contribution in [0.4, 0.5) is 28.4 Å². The van der Waals surface area contributed by atoms with Crippen molar-refractivity contribution in [3.05, 3.63) is 138 Å². The second kappa shape index (κ2) is 7.85. The molecule has 1 unspecified atom stereocenters. The van der Waals surface area contributed by atoms with E-state index < -0.39 is 0 Å². The summed E-state index contributed by atoms with van der Waals surface area (Å²) in [7, 11) is 0. The van der Waals surface area contributed by atoms with Crippen LogP contribution in [0.3, 0.4) is 0 Å². The third-order valence-corrected chi connectivity index (χ3v) is 8.98. The number of hydrogen-bond donors (Lipinski definition) is 0. The Labute approximate surface area is 224 Å². The molecule has 5 aromatic rings. The first kappa shape index (κ1) is 21.8. The summed E-state index contributed by atoms with van der Waals surface area (Å²) in [6.07, 6.45) is 2.17. The van der Waals surface area contributed by atoms with Crippen LogP contribution in [-0.4, -0.2) is 6.04 Å². The van der Waals surface area contributed by atoms with Gasteiger partial charge in [0.15, 0.2) is 0 Å². The van der Waals surface area contributed by atoms with Gasteiger partial charge in [0.2, 0.25) is 0 Å². The molecule has 2 heterocycles. The van der Waals surface area contributed by atoms with Gasteiger partial charge in [-0.2, -0.15) is 0 Å². The highest BCUT2D eigenvalue weighted by Gasteiger charge is 2.39. The van der Waals surface area contributed by atoms with E-state index in [-0.39, 0.29) is 5.41 Å². The van der Waals surface area contributed by atoms with Crippen molar-refractivity contribution in [3.63, 3.8) is 0 Å². The van der Waals surface area contributed by atoms with Crippen LogP contribution in [0.2, 0.25) is 0 Å². The van der Waals surface area contributed by atoms with Crippen molar-refractivity contribution in [2.24, 2.45) is 0 Å². The molecule has 2 aliphatic heterocycles. The lowest BCUT2D eigenvalue weighted by atomic mass is 9.82. The van der Waals surface area contributed by atoms with Crippen LogP contribution in [0.5, 0.6) is 0 Å². The quantitative estimate of drug-likeness (QED) is 0.249. The molecule has 3 aliphatic rings. The SMILES string of the molecule is CC1(C)c2ccccc2-c2ccc(N(c3ccccc3)c3cccc4c3CC3Cc5ccccc5N43)cc21. The minimum Gasteiger partial charge on any atom is -0.337 e. The maximum Gasteiger partial charge on any atom is 0.0515 e. The van der Waals surface area contributed by atoms with E-state index in [1.165, 1.54) is 61.8 Å². The van der Waals surface area contributed by atoms with Gasteiger partial charge in [0.1, 0.15) is 0 Å². The van der Waals surface area contributed by atoms with Crippen LogP contribution in [0.15, 0.2) is 115 Å². The van der Waals surface area contributed by atoms with Gasteiger partial charge in [0.05, 0.1) is 5.69 Å². The Morgan fingerprint density at radius 2 is 1.37 bits per heavy atom. The Kier molecular flexibility index (Phi) is 4.49. The van der Waals surface area contributed by atoms with Crippen molar-refractivity contribution < 1.29 is 0 Å². The molecule has 184 valence electrons. The molecular weight excluding hydrogens is 460 g/mol. The van der Waals surface area contributed by atoms with E-state index in [0.717, 1.165) is 12.8 Å². The molecule has 0 saturated heterocycles. The first-order valence-electron chi connectivity index (χ1n) is 13.7. The summed E-state index contributed by atoms with van der Waals surface area (Å²) in [6.45, 7) is 4.72. The molecule has 1 aliphatic carbocycles. The maximum absolute atomic E-state index is 2.58. The molecule has 38 heavy (non-hydrogen) atoms. The van der Waals surface area contributed by atoms with Gasteiger partial charge in [-0.25, -0.2) is 0 Å². The van der Waals surface area contributed by atoms with Crippen molar-refractivity contribution >= 4 is 28.4 Å². The van der Waals surface area contributed by atoms with Crippen molar-refractivity contribution in [2.45, 2.75) is 38.1 Å². The van der Waals surface area contributed by atoms with Crippen molar-refractivity contribution in [3.8, 4) is 11.1 Å². The van der Waals surface area contributed by atoms with E-state index in [4.69, 9.17) is 0 Å². The Bertz CT molecular complexity index is 1720. The molecule has 0 radical (unpaired) electrons. The van der Waals surface area contributed by atoms with E-state index >= 15 is 0 Å². The van der Waals surface area contributed by atoms with Gasteiger partial charge in [-0.1, -0.05) is 86.6 Å². The minimum absolute atomic E-state index is 0.0324. The van der Waals surface area contributed by atoms with Crippen LogP contribution in [-0.2, 0) is 18.3 Å². The van der Waals surface area contributed by atoms with Crippen molar-refractivity contribution in [1.29, 1.82) is 0 Å². The highest BCUT2D eigenvalue weighted by Crippen LogP contribution is 2.53. The lowest BCUT2D eigenvalue weighted by molar-refractivity contribution is 0.660. The fourth-order valence-corrected chi connectivity index (χ4v) is 7.23. The van der Waals surface area contributed by atoms with E-state index in [2.05, 4.69) is 139 Å². The minimum atomic E-state index is -0.0324. The largest absolute Gasteiger partial charge is 0.337 e. The Hall–Kier alpha value is -4.30. The molecule has 0 fully saturated rings. The average molecular weight is 491 g/mol. The smallest absolute Gasteiger partial charge is 0.0515 e. The van der Waals surface area contributed by atoms with Gasteiger partial charge in [0, 0.05) is 39.8 Å². The summed E-state index contributed by atoms with van der Waals surface area (Å²) in [5, 5.41) is 0.